The highest BCUT2D eigenvalue weighted by Crippen LogP contribution is 2.37. The summed E-state index contributed by atoms with van der Waals surface area (Å²) in [6.07, 6.45) is 1.33. The molecule has 0 aliphatic carbocycles. The molecule has 1 aromatic carbocycles. The lowest BCUT2D eigenvalue weighted by molar-refractivity contribution is 0.405. The van der Waals surface area contributed by atoms with Gasteiger partial charge in [0, 0.05) is 18.2 Å². The molecule has 0 saturated heterocycles. The molecule has 90 valence electrons. The highest BCUT2D eigenvalue weighted by molar-refractivity contribution is 9.10. The number of hydrogen-bond donors (Lipinski definition) is 2. The van der Waals surface area contributed by atoms with Crippen molar-refractivity contribution in [2.45, 2.75) is 0 Å². The first-order chi connectivity index (χ1) is 7.93. The Kier molecular flexibility index (Phi) is 2.78. The van der Waals surface area contributed by atoms with E-state index < -0.39 is 17.4 Å². The second-order valence-electron chi connectivity index (χ2n) is 3.45. The minimum atomic E-state index is -1.32. The summed E-state index contributed by atoms with van der Waals surface area (Å²) in [5.41, 5.74) is 5.89. The molecule has 17 heavy (non-hydrogen) atoms. The van der Waals surface area contributed by atoms with Gasteiger partial charge in [-0.25, -0.2) is 4.39 Å². The molecule has 3 N–H and O–H groups in total. The quantitative estimate of drug-likeness (QED) is 0.795. The average molecular weight is 304 g/mol. The van der Waals surface area contributed by atoms with E-state index in [0.717, 1.165) is 0 Å². The van der Waals surface area contributed by atoms with Crippen molar-refractivity contribution in [3.05, 3.63) is 28.4 Å². The summed E-state index contributed by atoms with van der Waals surface area (Å²) in [6.45, 7) is 0. The van der Waals surface area contributed by atoms with Crippen LogP contribution < -0.4 is 5.73 Å². The van der Waals surface area contributed by atoms with Crippen LogP contribution in [0.25, 0.3) is 11.1 Å². The Labute approximate surface area is 104 Å². The number of rotatable bonds is 1. The first-order valence-electron chi connectivity index (χ1n) is 4.57. The van der Waals surface area contributed by atoms with Crippen molar-refractivity contribution in [1.82, 2.24) is 9.78 Å². The van der Waals surface area contributed by atoms with Crippen LogP contribution in [-0.4, -0.2) is 14.9 Å². The fourth-order valence-electron chi connectivity index (χ4n) is 1.44. The number of aromatic hydroxyl groups is 1. The summed E-state index contributed by atoms with van der Waals surface area (Å²) >= 11 is 2.94. The largest absolute Gasteiger partial charge is 0.504 e. The van der Waals surface area contributed by atoms with Crippen LogP contribution in [0, 0.1) is 11.6 Å². The maximum absolute atomic E-state index is 13.7. The van der Waals surface area contributed by atoms with E-state index >= 15 is 0 Å². The summed E-state index contributed by atoms with van der Waals surface area (Å²) in [4.78, 5) is 0. The van der Waals surface area contributed by atoms with Gasteiger partial charge in [-0.1, -0.05) is 0 Å². The molecule has 0 amide bonds. The zero-order valence-electron chi connectivity index (χ0n) is 8.71. The molecule has 0 bridgehead atoms. The Balaban J connectivity index is 2.73. The van der Waals surface area contributed by atoms with Gasteiger partial charge in [0.25, 0.3) is 0 Å². The number of phenolic OH excluding ortho intramolecular Hbond substituents is 1. The van der Waals surface area contributed by atoms with Crippen LogP contribution in [0.4, 0.5) is 14.6 Å². The summed E-state index contributed by atoms with van der Waals surface area (Å²) in [6, 6.07) is 1.25. The van der Waals surface area contributed by atoms with Crippen LogP contribution in [0.3, 0.4) is 0 Å². The van der Waals surface area contributed by atoms with Gasteiger partial charge >= 0.3 is 0 Å². The predicted molar refractivity (Wildman–Crippen MR) is 62.3 cm³/mol. The van der Waals surface area contributed by atoms with Crippen LogP contribution in [0.5, 0.6) is 5.75 Å². The number of aromatic nitrogens is 2. The molecule has 7 heteroatoms. The lowest BCUT2D eigenvalue weighted by Crippen LogP contribution is -1.99. The normalized spacial score (nSPS) is 10.8. The van der Waals surface area contributed by atoms with Crippen LogP contribution in [0.2, 0.25) is 0 Å². The monoisotopic (exact) mass is 303 g/mol. The molecule has 0 aliphatic rings. The molecule has 0 atom stereocenters. The molecular weight excluding hydrogens is 296 g/mol. The van der Waals surface area contributed by atoms with Crippen molar-refractivity contribution in [2.24, 2.45) is 7.05 Å². The first-order valence-corrected chi connectivity index (χ1v) is 5.37. The zero-order valence-corrected chi connectivity index (χ0v) is 10.3. The molecule has 0 saturated carbocycles. The molecule has 0 radical (unpaired) electrons. The average Bonchev–Trinajstić information content (AvgIpc) is 2.62. The number of hydrogen-bond acceptors (Lipinski definition) is 3. The molecule has 4 nitrogen and oxygen atoms in total. The summed E-state index contributed by atoms with van der Waals surface area (Å²) in [5.74, 6) is -3.04. The zero-order chi connectivity index (χ0) is 12.7. The van der Waals surface area contributed by atoms with Crippen LogP contribution in [-0.2, 0) is 7.05 Å². The molecule has 2 rings (SSSR count). The van der Waals surface area contributed by atoms with E-state index in [2.05, 4.69) is 21.0 Å². The fourth-order valence-corrected chi connectivity index (χ4v) is 1.84. The number of aryl methyl sites for hydroxylation is 1. The Morgan fingerprint density at radius 3 is 2.53 bits per heavy atom. The standard InChI is InChI=1S/C10H8BrF2N3O/c1-16-10(14)5(3-15-16)4-2-6(11)9(17)8(13)7(4)12/h2-3,17H,14H2,1H3. The van der Waals surface area contributed by atoms with E-state index in [0.29, 0.717) is 0 Å². The second-order valence-corrected chi connectivity index (χ2v) is 4.30. The number of phenols is 1. The Bertz CT molecular complexity index is 598. The number of nitrogen functional groups attached to an aromatic ring is 1. The number of anilines is 1. The molecule has 0 unspecified atom stereocenters. The van der Waals surface area contributed by atoms with Gasteiger partial charge in [-0.15, -0.1) is 0 Å². The third kappa shape index (κ3) is 1.76. The van der Waals surface area contributed by atoms with E-state index in [9.17, 15) is 13.9 Å². The Morgan fingerprint density at radius 1 is 1.35 bits per heavy atom. The van der Waals surface area contributed by atoms with Crippen molar-refractivity contribution >= 4 is 21.7 Å². The lowest BCUT2D eigenvalue weighted by Gasteiger charge is -2.06. The number of halogens is 3. The Hall–Kier alpha value is -1.63. The number of nitrogens with two attached hydrogens (primary N) is 1. The van der Waals surface area contributed by atoms with Gasteiger partial charge in [-0.2, -0.15) is 9.49 Å². The maximum atomic E-state index is 13.7. The van der Waals surface area contributed by atoms with E-state index in [4.69, 9.17) is 5.73 Å². The molecule has 0 spiro atoms. The van der Waals surface area contributed by atoms with Gasteiger partial charge in [0.2, 0.25) is 5.82 Å². The fraction of sp³-hybridized carbons (Fsp3) is 0.100. The van der Waals surface area contributed by atoms with Gasteiger partial charge in [0.1, 0.15) is 5.82 Å². The highest BCUT2D eigenvalue weighted by atomic mass is 79.9. The van der Waals surface area contributed by atoms with Gasteiger partial charge < -0.3 is 10.8 Å². The van der Waals surface area contributed by atoms with E-state index in [1.807, 2.05) is 0 Å². The molecule has 0 fully saturated rings. The third-order valence-electron chi connectivity index (χ3n) is 2.41. The molecule has 2 aromatic rings. The van der Waals surface area contributed by atoms with Gasteiger partial charge in [0.15, 0.2) is 11.6 Å². The van der Waals surface area contributed by atoms with Crippen LogP contribution in [0.15, 0.2) is 16.7 Å². The van der Waals surface area contributed by atoms with Gasteiger partial charge in [-0.3, -0.25) is 4.68 Å². The second kappa shape index (κ2) is 3.99. The van der Waals surface area contributed by atoms with Crippen molar-refractivity contribution in [3.63, 3.8) is 0 Å². The van der Waals surface area contributed by atoms with Crippen LogP contribution in [0.1, 0.15) is 0 Å². The lowest BCUT2D eigenvalue weighted by atomic mass is 10.1. The predicted octanol–water partition coefficient (Wildman–Crippen LogP) is 2.42. The topological polar surface area (TPSA) is 64.1 Å². The minimum absolute atomic E-state index is 0.0506. The first kappa shape index (κ1) is 11.8. The van der Waals surface area contributed by atoms with Crippen LogP contribution >= 0.6 is 15.9 Å². The van der Waals surface area contributed by atoms with E-state index in [1.54, 1.807) is 7.05 Å². The molecular formula is C10H8BrF2N3O. The van der Waals surface area contributed by atoms with Crippen molar-refractivity contribution in [1.29, 1.82) is 0 Å². The minimum Gasteiger partial charge on any atom is -0.504 e. The number of benzene rings is 1. The van der Waals surface area contributed by atoms with Crippen molar-refractivity contribution in [2.75, 3.05) is 5.73 Å². The molecule has 1 heterocycles. The third-order valence-corrected chi connectivity index (χ3v) is 3.01. The van der Waals surface area contributed by atoms with Gasteiger partial charge in [0.05, 0.1) is 10.7 Å². The summed E-state index contributed by atoms with van der Waals surface area (Å²) < 4.78 is 28.4. The molecule has 1 aromatic heterocycles. The summed E-state index contributed by atoms with van der Waals surface area (Å²) in [5, 5.41) is 13.1. The van der Waals surface area contributed by atoms with Crippen molar-refractivity contribution in [3.8, 4) is 16.9 Å². The highest BCUT2D eigenvalue weighted by Gasteiger charge is 2.20. The maximum Gasteiger partial charge on any atom is 0.202 e. The molecule has 0 aliphatic heterocycles. The number of nitrogens with zero attached hydrogens (tertiary/aromatic N) is 2. The Morgan fingerprint density at radius 2 is 2.00 bits per heavy atom. The smallest absolute Gasteiger partial charge is 0.202 e. The summed E-state index contributed by atoms with van der Waals surface area (Å²) in [7, 11) is 1.59. The SMILES string of the molecule is Cn1ncc(-c2cc(Br)c(O)c(F)c2F)c1N. The van der Waals surface area contributed by atoms with E-state index in [-0.39, 0.29) is 21.4 Å². The van der Waals surface area contributed by atoms with Crippen molar-refractivity contribution < 1.29 is 13.9 Å². The van der Waals surface area contributed by atoms with Gasteiger partial charge in [-0.05, 0) is 22.0 Å². The van der Waals surface area contributed by atoms with E-state index in [1.165, 1.54) is 16.9 Å².